The second kappa shape index (κ2) is 7.96. The van der Waals surface area contributed by atoms with Crippen LogP contribution in [0.5, 0.6) is 0 Å². The van der Waals surface area contributed by atoms with Gasteiger partial charge in [0.1, 0.15) is 6.33 Å². The Balaban J connectivity index is 1.72. The first-order chi connectivity index (χ1) is 9.79. The van der Waals surface area contributed by atoms with Crippen LogP contribution in [0.3, 0.4) is 0 Å². The zero-order chi connectivity index (χ0) is 14.2. The number of nitrogens with zero attached hydrogens (tertiary/aromatic N) is 4. The Bertz CT molecular complexity index is 415. The molecule has 1 aromatic rings. The maximum atomic E-state index is 11.8. The highest BCUT2D eigenvalue weighted by atomic mass is 16.5. The van der Waals surface area contributed by atoms with Crippen molar-refractivity contribution in [3.63, 3.8) is 0 Å². The predicted octanol–water partition coefficient (Wildman–Crippen LogP) is 0.0266. The highest BCUT2D eigenvalue weighted by Gasteiger charge is 2.15. The van der Waals surface area contributed by atoms with Crippen LogP contribution in [0.1, 0.15) is 25.1 Å². The lowest BCUT2D eigenvalue weighted by Gasteiger charge is -2.14. The van der Waals surface area contributed by atoms with Crippen LogP contribution >= 0.6 is 0 Å². The van der Waals surface area contributed by atoms with E-state index in [1.54, 1.807) is 13.4 Å². The molecule has 0 aromatic carbocycles. The summed E-state index contributed by atoms with van der Waals surface area (Å²) in [7, 11) is 1.69. The standard InChI is InChI=1S/C13H23N5O2/c1-20-8-4-7-18-11-15-16-12(18)9-14-13(19)10-17-5-2-3-6-17/h11H,2-10H2,1H3,(H,14,19). The number of hydrogen-bond donors (Lipinski definition) is 1. The third-order valence-electron chi connectivity index (χ3n) is 3.45. The molecule has 2 heterocycles. The first-order valence-electron chi connectivity index (χ1n) is 7.14. The molecule has 0 saturated carbocycles. The Morgan fingerprint density at radius 2 is 2.25 bits per heavy atom. The van der Waals surface area contributed by atoms with Gasteiger partial charge in [0.15, 0.2) is 5.82 Å². The molecular weight excluding hydrogens is 258 g/mol. The van der Waals surface area contributed by atoms with Gasteiger partial charge in [-0.15, -0.1) is 10.2 Å². The lowest BCUT2D eigenvalue weighted by molar-refractivity contribution is -0.122. The Morgan fingerprint density at radius 3 is 3.00 bits per heavy atom. The number of carbonyl (C=O) groups excluding carboxylic acids is 1. The van der Waals surface area contributed by atoms with Crippen molar-refractivity contribution in [3.05, 3.63) is 12.2 Å². The van der Waals surface area contributed by atoms with E-state index in [1.807, 2.05) is 4.57 Å². The zero-order valence-corrected chi connectivity index (χ0v) is 12.0. The number of aryl methyl sites for hydroxylation is 1. The topological polar surface area (TPSA) is 72.3 Å². The number of likely N-dealkylation sites (tertiary alicyclic amines) is 1. The summed E-state index contributed by atoms with van der Waals surface area (Å²) in [6, 6.07) is 0. The molecular formula is C13H23N5O2. The maximum Gasteiger partial charge on any atom is 0.234 e. The molecule has 1 aliphatic rings. The van der Waals surface area contributed by atoms with Crippen molar-refractivity contribution >= 4 is 5.91 Å². The molecule has 7 heteroatoms. The van der Waals surface area contributed by atoms with Gasteiger partial charge in [0, 0.05) is 20.3 Å². The van der Waals surface area contributed by atoms with Crippen LogP contribution in [-0.4, -0.2) is 58.9 Å². The summed E-state index contributed by atoms with van der Waals surface area (Å²) in [5.74, 6) is 0.842. The van der Waals surface area contributed by atoms with Gasteiger partial charge in [-0.3, -0.25) is 9.69 Å². The van der Waals surface area contributed by atoms with Gasteiger partial charge in [-0.05, 0) is 32.4 Å². The van der Waals surface area contributed by atoms with Gasteiger partial charge < -0.3 is 14.6 Å². The highest BCUT2D eigenvalue weighted by molar-refractivity contribution is 5.77. The molecule has 7 nitrogen and oxygen atoms in total. The van der Waals surface area contributed by atoms with E-state index in [2.05, 4.69) is 20.4 Å². The molecule has 1 aliphatic heterocycles. The lowest BCUT2D eigenvalue weighted by Crippen LogP contribution is -2.35. The van der Waals surface area contributed by atoms with Crippen molar-refractivity contribution in [3.8, 4) is 0 Å². The van der Waals surface area contributed by atoms with Gasteiger partial charge in [0.2, 0.25) is 5.91 Å². The van der Waals surface area contributed by atoms with Crippen molar-refractivity contribution in [2.75, 3.05) is 33.4 Å². The number of amides is 1. The van der Waals surface area contributed by atoms with Gasteiger partial charge in [-0.25, -0.2) is 0 Å². The molecule has 0 aliphatic carbocycles. The number of hydrogen-bond acceptors (Lipinski definition) is 5. The first kappa shape index (κ1) is 14.9. The fourth-order valence-electron chi connectivity index (χ4n) is 2.36. The zero-order valence-electron chi connectivity index (χ0n) is 12.0. The number of rotatable bonds is 8. The summed E-state index contributed by atoms with van der Waals surface area (Å²) in [5, 5.41) is 10.8. The second-order valence-electron chi connectivity index (χ2n) is 5.05. The van der Waals surface area contributed by atoms with Gasteiger partial charge in [-0.1, -0.05) is 0 Å². The molecule has 1 amide bonds. The maximum absolute atomic E-state index is 11.8. The van der Waals surface area contributed by atoms with E-state index in [0.29, 0.717) is 19.7 Å². The van der Waals surface area contributed by atoms with E-state index < -0.39 is 0 Å². The summed E-state index contributed by atoms with van der Waals surface area (Å²) < 4.78 is 6.98. The second-order valence-corrected chi connectivity index (χ2v) is 5.05. The van der Waals surface area contributed by atoms with Crippen LogP contribution in [0.15, 0.2) is 6.33 Å². The van der Waals surface area contributed by atoms with Crippen LogP contribution in [0.25, 0.3) is 0 Å². The Morgan fingerprint density at radius 1 is 1.45 bits per heavy atom. The molecule has 1 N–H and O–H groups in total. The van der Waals surface area contributed by atoms with E-state index in [0.717, 1.165) is 31.9 Å². The van der Waals surface area contributed by atoms with Crippen LogP contribution in [0, 0.1) is 0 Å². The van der Waals surface area contributed by atoms with Crippen LogP contribution < -0.4 is 5.32 Å². The fourth-order valence-corrected chi connectivity index (χ4v) is 2.36. The average Bonchev–Trinajstić information content (AvgIpc) is 3.08. The quantitative estimate of drug-likeness (QED) is 0.681. The van der Waals surface area contributed by atoms with Crippen molar-refractivity contribution in [1.82, 2.24) is 25.0 Å². The molecule has 0 unspecified atom stereocenters. The third-order valence-corrected chi connectivity index (χ3v) is 3.45. The largest absolute Gasteiger partial charge is 0.385 e. The smallest absolute Gasteiger partial charge is 0.234 e. The van der Waals surface area contributed by atoms with Crippen LogP contribution in [0.2, 0.25) is 0 Å². The molecule has 112 valence electrons. The Hall–Kier alpha value is -1.47. The number of nitrogens with one attached hydrogen (secondary N) is 1. The summed E-state index contributed by atoms with van der Waals surface area (Å²) in [5.41, 5.74) is 0. The summed E-state index contributed by atoms with van der Waals surface area (Å²) in [4.78, 5) is 14.0. The molecule has 0 spiro atoms. The lowest BCUT2D eigenvalue weighted by atomic mass is 10.4. The van der Waals surface area contributed by atoms with Crippen molar-refractivity contribution < 1.29 is 9.53 Å². The van der Waals surface area contributed by atoms with Crippen molar-refractivity contribution in [1.29, 1.82) is 0 Å². The number of ether oxygens (including phenoxy) is 1. The van der Waals surface area contributed by atoms with E-state index in [1.165, 1.54) is 12.8 Å². The molecule has 1 aromatic heterocycles. The summed E-state index contributed by atoms with van der Waals surface area (Å²) in [6.45, 7) is 4.48. The van der Waals surface area contributed by atoms with Crippen LogP contribution in [-0.2, 0) is 22.6 Å². The number of carbonyl (C=O) groups is 1. The minimum atomic E-state index is 0.0540. The monoisotopic (exact) mass is 281 g/mol. The number of aromatic nitrogens is 3. The highest BCUT2D eigenvalue weighted by Crippen LogP contribution is 2.06. The molecule has 2 rings (SSSR count). The van der Waals surface area contributed by atoms with E-state index in [9.17, 15) is 4.79 Å². The van der Waals surface area contributed by atoms with Crippen molar-refractivity contribution in [2.45, 2.75) is 32.4 Å². The summed E-state index contributed by atoms with van der Waals surface area (Å²) in [6.07, 6.45) is 4.99. The summed E-state index contributed by atoms with van der Waals surface area (Å²) >= 11 is 0. The number of methoxy groups -OCH3 is 1. The molecule has 0 atom stereocenters. The van der Waals surface area contributed by atoms with Gasteiger partial charge >= 0.3 is 0 Å². The Kier molecular flexibility index (Phi) is 5.94. The van der Waals surface area contributed by atoms with E-state index >= 15 is 0 Å². The minimum absolute atomic E-state index is 0.0540. The molecule has 0 bridgehead atoms. The third kappa shape index (κ3) is 4.57. The predicted molar refractivity (Wildman–Crippen MR) is 74.0 cm³/mol. The molecule has 0 radical (unpaired) electrons. The normalized spacial score (nSPS) is 15.7. The van der Waals surface area contributed by atoms with Crippen molar-refractivity contribution in [2.24, 2.45) is 0 Å². The Labute approximate surface area is 119 Å². The fraction of sp³-hybridized carbons (Fsp3) is 0.769. The van der Waals surface area contributed by atoms with E-state index in [-0.39, 0.29) is 5.91 Å². The SMILES string of the molecule is COCCCn1cnnc1CNC(=O)CN1CCCC1. The van der Waals surface area contributed by atoms with Gasteiger partial charge in [0.05, 0.1) is 13.1 Å². The van der Waals surface area contributed by atoms with Gasteiger partial charge in [-0.2, -0.15) is 0 Å². The van der Waals surface area contributed by atoms with Crippen LogP contribution in [0.4, 0.5) is 0 Å². The molecule has 20 heavy (non-hydrogen) atoms. The first-order valence-corrected chi connectivity index (χ1v) is 7.14. The molecule has 1 fully saturated rings. The van der Waals surface area contributed by atoms with Gasteiger partial charge in [0.25, 0.3) is 0 Å². The minimum Gasteiger partial charge on any atom is -0.385 e. The van der Waals surface area contributed by atoms with E-state index in [4.69, 9.17) is 4.74 Å². The molecule has 1 saturated heterocycles. The average molecular weight is 281 g/mol.